The topological polar surface area (TPSA) is 29.0 Å². The Kier molecular flexibility index (Phi) is 2.63. The molecule has 1 aliphatic heterocycles. The molecule has 2 heterocycles. The summed E-state index contributed by atoms with van der Waals surface area (Å²) >= 11 is 0. The Morgan fingerprint density at radius 2 is 1.80 bits per heavy atom. The van der Waals surface area contributed by atoms with Crippen LogP contribution in [0.25, 0.3) is 0 Å². The largest absolute Gasteiger partial charge is 0.355 e. The van der Waals surface area contributed by atoms with Crippen molar-refractivity contribution in [3.05, 3.63) is 18.1 Å². The Hall–Kier alpha value is -1.12. The van der Waals surface area contributed by atoms with Gasteiger partial charge in [0.15, 0.2) is 0 Å². The fourth-order valence-electron chi connectivity index (χ4n) is 1.82. The second-order valence-corrected chi connectivity index (χ2v) is 5.21. The molecule has 0 saturated carbocycles. The van der Waals surface area contributed by atoms with E-state index in [1.807, 2.05) is 12.4 Å². The fraction of sp³-hybridized carbons (Fsp3) is 0.667. The lowest BCUT2D eigenvalue weighted by Crippen LogP contribution is -2.22. The number of anilines is 1. The zero-order chi connectivity index (χ0) is 10.9. The smallest absolute Gasteiger partial charge is 0.147 e. The van der Waals surface area contributed by atoms with E-state index in [9.17, 15) is 0 Å². The number of hydrogen-bond acceptors (Lipinski definition) is 3. The Morgan fingerprint density at radius 3 is 2.40 bits per heavy atom. The Labute approximate surface area is 91.5 Å². The average Bonchev–Trinajstić information content (AvgIpc) is 2.69. The van der Waals surface area contributed by atoms with Crippen LogP contribution in [0.5, 0.6) is 0 Å². The van der Waals surface area contributed by atoms with Crippen LogP contribution in [-0.4, -0.2) is 23.1 Å². The van der Waals surface area contributed by atoms with Gasteiger partial charge in [0.25, 0.3) is 0 Å². The molecule has 2 rings (SSSR count). The zero-order valence-corrected chi connectivity index (χ0v) is 9.82. The van der Waals surface area contributed by atoms with Crippen molar-refractivity contribution < 1.29 is 0 Å². The monoisotopic (exact) mass is 205 g/mol. The highest BCUT2D eigenvalue weighted by Crippen LogP contribution is 2.23. The lowest BCUT2D eigenvalue weighted by atomic mass is 9.93. The van der Waals surface area contributed by atoms with Gasteiger partial charge in [-0.15, -0.1) is 0 Å². The summed E-state index contributed by atoms with van der Waals surface area (Å²) in [6.07, 6.45) is 6.31. The second kappa shape index (κ2) is 3.80. The Balaban J connectivity index is 2.26. The third-order valence-corrected chi connectivity index (χ3v) is 2.82. The molecule has 0 aliphatic carbocycles. The lowest BCUT2D eigenvalue weighted by molar-refractivity contribution is 0.564. The van der Waals surface area contributed by atoms with Crippen LogP contribution in [0.15, 0.2) is 12.4 Å². The summed E-state index contributed by atoms with van der Waals surface area (Å²) in [7, 11) is 0. The van der Waals surface area contributed by atoms with E-state index < -0.39 is 0 Å². The van der Waals surface area contributed by atoms with Gasteiger partial charge < -0.3 is 4.90 Å². The maximum Gasteiger partial charge on any atom is 0.147 e. The summed E-state index contributed by atoms with van der Waals surface area (Å²) in [5, 5.41) is 0. The van der Waals surface area contributed by atoms with E-state index in [0.717, 1.165) is 24.6 Å². The molecule has 1 saturated heterocycles. The van der Waals surface area contributed by atoms with Crippen molar-refractivity contribution in [3.63, 3.8) is 0 Å². The van der Waals surface area contributed by atoms with Gasteiger partial charge in [0.2, 0.25) is 0 Å². The quantitative estimate of drug-likeness (QED) is 0.705. The lowest BCUT2D eigenvalue weighted by Gasteiger charge is -2.21. The van der Waals surface area contributed by atoms with Crippen molar-refractivity contribution in [1.82, 2.24) is 9.97 Å². The molecule has 82 valence electrons. The summed E-state index contributed by atoms with van der Waals surface area (Å²) in [5.74, 6) is 1.04. The van der Waals surface area contributed by atoms with Crippen molar-refractivity contribution in [2.45, 2.75) is 39.0 Å². The van der Waals surface area contributed by atoms with E-state index in [0.29, 0.717) is 0 Å². The Bertz CT molecular complexity index is 335. The molecule has 0 N–H and O–H groups in total. The molecule has 15 heavy (non-hydrogen) atoms. The van der Waals surface area contributed by atoms with Gasteiger partial charge in [0, 0.05) is 24.7 Å². The van der Waals surface area contributed by atoms with Gasteiger partial charge in [-0.05, 0) is 12.8 Å². The molecule has 3 heteroatoms. The molecule has 0 unspecified atom stereocenters. The molecule has 0 radical (unpaired) electrons. The third-order valence-electron chi connectivity index (χ3n) is 2.82. The van der Waals surface area contributed by atoms with Crippen molar-refractivity contribution in [1.29, 1.82) is 0 Å². The van der Waals surface area contributed by atoms with Gasteiger partial charge in [0.1, 0.15) is 5.82 Å². The minimum atomic E-state index is 0.0860. The predicted molar refractivity (Wildman–Crippen MR) is 62.2 cm³/mol. The van der Waals surface area contributed by atoms with Gasteiger partial charge in [-0.2, -0.15) is 0 Å². The summed E-state index contributed by atoms with van der Waals surface area (Å²) in [6, 6.07) is 0. The van der Waals surface area contributed by atoms with Crippen LogP contribution in [0, 0.1) is 0 Å². The fourth-order valence-corrected chi connectivity index (χ4v) is 1.82. The highest BCUT2D eigenvalue weighted by atomic mass is 15.2. The van der Waals surface area contributed by atoms with Gasteiger partial charge in [-0.3, -0.25) is 4.98 Å². The summed E-state index contributed by atoms with van der Waals surface area (Å²) < 4.78 is 0. The van der Waals surface area contributed by atoms with E-state index in [1.54, 1.807) is 0 Å². The molecule has 3 nitrogen and oxygen atoms in total. The number of aromatic nitrogens is 2. The van der Waals surface area contributed by atoms with E-state index in [1.165, 1.54) is 12.8 Å². The van der Waals surface area contributed by atoms with Crippen LogP contribution >= 0.6 is 0 Å². The standard InChI is InChI=1S/C12H19N3/c1-12(2,3)10-8-13-9-11(14-10)15-6-4-5-7-15/h8-9H,4-7H2,1-3H3. The molecule has 1 aliphatic rings. The number of hydrogen-bond donors (Lipinski definition) is 0. The van der Waals surface area contributed by atoms with Crippen molar-refractivity contribution in [2.24, 2.45) is 0 Å². The minimum absolute atomic E-state index is 0.0860. The highest BCUT2D eigenvalue weighted by Gasteiger charge is 2.19. The zero-order valence-electron chi connectivity index (χ0n) is 9.82. The Morgan fingerprint density at radius 1 is 1.13 bits per heavy atom. The van der Waals surface area contributed by atoms with Crippen LogP contribution in [0.3, 0.4) is 0 Å². The molecular formula is C12H19N3. The second-order valence-electron chi connectivity index (χ2n) is 5.21. The van der Waals surface area contributed by atoms with E-state index in [4.69, 9.17) is 0 Å². The maximum atomic E-state index is 4.69. The first-order valence-corrected chi connectivity index (χ1v) is 5.65. The first-order valence-electron chi connectivity index (χ1n) is 5.65. The van der Waals surface area contributed by atoms with Crippen molar-refractivity contribution in [3.8, 4) is 0 Å². The van der Waals surface area contributed by atoms with E-state index in [-0.39, 0.29) is 5.41 Å². The first kappa shape index (κ1) is 10.4. The van der Waals surface area contributed by atoms with Crippen LogP contribution < -0.4 is 4.90 Å². The molecule has 1 aromatic rings. The number of rotatable bonds is 1. The van der Waals surface area contributed by atoms with Gasteiger partial charge >= 0.3 is 0 Å². The van der Waals surface area contributed by atoms with Crippen LogP contribution in [0.4, 0.5) is 5.82 Å². The summed E-state index contributed by atoms with van der Waals surface area (Å²) in [6.45, 7) is 8.77. The minimum Gasteiger partial charge on any atom is -0.355 e. The van der Waals surface area contributed by atoms with E-state index in [2.05, 4.69) is 35.6 Å². The van der Waals surface area contributed by atoms with Crippen LogP contribution in [0.1, 0.15) is 39.3 Å². The predicted octanol–water partition coefficient (Wildman–Crippen LogP) is 2.37. The molecule has 0 spiro atoms. The first-order chi connectivity index (χ1) is 7.07. The molecule has 0 bridgehead atoms. The van der Waals surface area contributed by atoms with Crippen LogP contribution in [-0.2, 0) is 5.41 Å². The molecular weight excluding hydrogens is 186 g/mol. The normalized spacial score (nSPS) is 17.1. The molecule has 0 aromatic carbocycles. The van der Waals surface area contributed by atoms with Crippen molar-refractivity contribution in [2.75, 3.05) is 18.0 Å². The molecule has 1 fully saturated rings. The molecule has 0 atom stereocenters. The molecule has 1 aromatic heterocycles. The highest BCUT2D eigenvalue weighted by molar-refractivity contribution is 5.38. The average molecular weight is 205 g/mol. The molecule has 0 amide bonds. The summed E-state index contributed by atoms with van der Waals surface area (Å²) in [4.78, 5) is 11.3. The van der Waals surface area contributed by atoms with Gasteiger partial charge in [0.05, 0.1) is 11.9 Å². The number of nitrogens with zero attached hydrogens (tertiary/aromatic N) is 3. The van der Waals surface area contributed by atoms with Crippen molar-refractivity contribution >= 4 is 5.82 Å². The van der Waals surface area contributed by atoms with Gasteiger partial charge in [-0.25, -0.2) is 4.98 Å². The third kappa shape index (κ3) is 2.28. The van der Waals surface area contributed by atoms with Crippen LogP contribution in [0.2, 0.25) is 0 Å². The summed E-state index contributed by atoms with van der Waals surface area (Å²) in [5.41, 5.74) is 1.16. The SMILES string of the molecule is CC(C)(C)c1cncc(N2CCCC2)n1. The van der Waals surface area contributed by atoms with E-state index >= 15 is 0 Å². The van der Waals surface area contributed by atoms with Gasteiger partial charge in [-0.1, -0.05) is 20.8 Å². The maximum absolute atomic E-state index is 4.69.